The zero-order valence-electron chi connectivity index (χ0n) is 14.0. The number of carbonyl (C=O) groups excluding carboxylic acids is 1. The van der Waals surface area contributed by atoms with E-state index in [1.165, 1.54) is 0 Å². The van der Waals surface area contributed by atoms with Gasteiger partial charge in [-0.15, -0.1) is 0 Å². The van der Waals surface area contributed by atoms with Crippen LogP contribution >= 0.6 is 0 Å². The fraction of sp³-hybridized carbons (Fsp3) is 0.471. The minimum Gasteiger partial charge on any atom is -0.493 e. The molecule has 1 aromatic rings. The molecule has 0 saturated carbocycles. The van der Waals surface area contributed by atoms with E-state index in [2.05, 4.69) is 6.92 Å². The van der Waals surface area contributed by atoms with Crippen LogP contribution < -0.4 is 14.2 Å². The third kappa shape index (κ3) is 4.69. The largest absolute Gasteiger partial charge is 0.493 e. The van der Waals surface area contributed by atoms with Crippen molar-refractivity contribution in [2.75, 3.05) is 34.9 Å². The maximum atomic E-state index is 12.0. The average molecular weight is 307 g/mol. The van der Waals surface area contributed by atoms with Crippen LogP contribution in [-0.2, 0) is 4.79 Å². The second-order valence-electron chi connectivity index (χ2n) is 4.91. The Labute approximate surface area is 132 Å². The van der Waals surface area contributed by atoms with Gasteiger partial charge in [0.1, 0.15) is 0 Å². The monoisotopic (exact) mass is 307 g/mol. The number of hydrogen-bond donors (Lipinski definition) is 0. The summed E-state index contributed by atoms with van der Waals surface area (Å²) in [5.74, 6) is 1.64. The highest BCUT2D eigenvalue weighted by Crippen LogP contribution is 2.38. The van der Waals surface area contributed by atoms with Crippen molar-refractivity contribution in [2.24, 2.45) is 0 Å². The molecule has 0 N–H and O–H groups in total. The summed E-state index contributed by atoms with van der Waals surface area (Å²) in [4.78, 5) is 13.7. The lowest BCUT2D eigenvalue weighted by molar-refractivity contribution is -0.124. The van der Waals surface area contributed by atoms with Gasteiger partial charge in [-0.3, -0.25) is 4.79 Å². The molecule has 1 aromatic carbocycles. The van der Waals surface area contributed by atoms with Gasteiger partial charge in [-0.05, 0) is 30.2 Å². The lowest BCUT2D eigenvalue weighted by Gasteiger charge is -2.14. The predicted octanol–water partition coefficient (Wildman–Crippen LogP) is 2.98. The highest BCUT2D eigenvalue weighted by Gasteiger charge is 2.12. The van der Waals surface area contributed by atoms with E-state index in [1.807, 2.05) is 0 Å². The Kier molecular flexibility index (Phi) is 7.29. The number of rotatable bonds is 8. The van der Waals surface area contributed by atoms with Crippen molar-refractivity contribution in [3.63, 3.8) is 0 Å². The molecule has 0 heterocycles. The van der Waals surface area contributed by atoms with Crippen LogP contribution in [0.2, 0.25) is 0 Å². The fourth-order valence-electron chi connectivity index (χ4n) is 2.00. The maximum absolute atomic E-state index is 12.0. The summed E-state index contributed by atoms with van der Waals surface area (Å²) in [6.07, 6.45) is 5.36. The minimum atomic E-state index is -0.0257. The standard InChI is InChI=1S/C17H25NO4/c1-6-7-10-18(2)16(19)9-8-13-11-14(20-3)17(22-5)15(12-13)21-4/h8-9,11-12H,6-7,10H2,1-5H3/b9-8+. The predicted molar refractivity (Wildman–Crippen MR) is 87.7 cm³/mol. The number of methoxy groups -OCH3 is 3. The van der Waals surface area contributed by atoms with Crippen LogP contribution in [0.1, 0.15) is 25.3 Å². The van der Waals surface area contributed by atoms with E-state index in [1.54, 1.807) is 57.6 Å². The van der Waals surface area contributed by atoms with Crippen LogP contribution in [-0.4, -0.2) is 45.7 Å². The number of carbonyl (C=O) groups is 1. The normalized spacial score (nSPS) is 10.6. The SMILES string of the molecule is CCCCN(C)C(=O)/C=C/c1cc(OC)c(OC)c(OC)c1. The van der Waals surface area contributed by atoms with E-state index < -0.39 is 0 Å². The lowest BCUT2D eigenvalue weighted by atomic mass is 10.1. The summed E-state index contributed by atoms with van der Waals surface area (Å²) in [7, 11) is 6.49. The number of benzene rings is 1. The highest BCUT2D eigenvalue weighted by atomic mass is 16.5. The molecule has 0 fully saturated rings. The summed E-state index contributed by atoms with van der Waals surface area (Å²) < 4.78 is 15.9. The molecule has 0 spiro atoms. The molecule has 0 radical (unpaired) electrons. The maximum Gasteiger partial charge on any atom is 0.246 e. The van der Waals surface area contributed by atoms with Gasteiger partial charge in [0.25, 0.3) is 0 Å². The Morgan fingerprint density at radius 3 is 2.18 bits per heavy atom. The van der Waals surface area contributed by atoms with Gasteiger partial charge in [0.05, 0.1) is 21.3 Å². The van der Waals surface area contributed by atoms with Gasteiger partial charge in [0.15, 0.2) is 11.5 Å². The molecule has 0 aliphatic rings. The molecule has 0 atom stereocenters. The van der Waals surface area contributed by atoms with Gasteiger partial charge in [0.2, 0.25) is 11.7 Å². The van der Waals surface area contributed by atoms with Crippen molar-refractivity contribution in [3.8, 4) is 17.2 Å². The van der Waals surface area contributed by atoms with Crippen molar-refractivity contribution < 1.29 is 19.0 Å². The Hall–Kier alpha value is -2.17. The van der Waals surface area contributed by atoms with E-state index in [4.69, 9.17) is 14.2 Å². The molecule has 0 aromatic heterocycles. The molecule has 1 rings (SSSR count). The summed E-state index contributed by atoms with van der Waals surface area (Å²) in [5.41, 5.74) is 0.812. The first-order valence-corrected chi connectivity index (χ1v) is 7.30. The number of amides is 1. The van der Waals surface area contributed by atoms with Gasteiger partial charge in [-0.2, -0.15) is 0 Å². The van der Waals surface area contributed by atoms with E-state index in [-0.39, 0.29) is 5.91 Å². The van der Waals surface area contributed by atoms with Crippen molar-refractivity contribution in [1.82, 2.24) is 4.90 Å². The molecule has 5 heteroatoms. The van der Waals surface area contributed by atoms with Gasteiger partial charge >= 0.3 is 0 Å². The zero-order valence-corrected chi connectivity index (χ0v) is 14.0. The minimum absolute atomic E-state index is 0.0257. The molecule has 5 nitrogen and oxygen atoms in total. The van der Waals surface area contributed by atoms with E-state index in [0.717, 1.165) is 24.9 Å². The third-order valence-electron chi connectivity index (χ3n) is 3.33. The summed E-state index contributed by atoms with van der Waals surface area (Å²) in [6.45, 7) is 2.86. The molecule has 22 heavy (non-hydrogen) atoms. The molecular formula is C17H25NO4. The summed E-state index contributed by atoms with van der Waals surface area (Å²) >= 11 is 0. The number of ether oxygens (including phenoxy) is 3. The Balaban J connectivity index is 2.93. The van der Waals surface area contributed by atoms with Crippen LogP contribution in [0.5, 0.6) is 17.2 Å². The number of unbranched alkanes of at least 4 members (excludes halogenated alkanes) is 1. The Bertz CT molecular complexity index is 500. The van der Waals surface area contributed by atoms with Crippen LogP contribution in [0.3, 0.4) is 0 Å². The first-order chi connectivity index (χ1) is 10.6. The number of nitrogens with zero attached hydrogens (tertiary/aromatic N) is 1. The quantitative estimate of drug-likeness (QED) is 0.693. The molecule has 0 saturated heterocycles. The van der Waals surface area contributed by atoms with E-state index in [0.29, 0.717) is 17.2 Å². The first kappa shape index (κ1) is 17.9. The summed E-state index contributed by atoms with van der Waals surface area (Å²) in [6, 6.07) is 3.61. The first-order valence-electron chi connectivity index (χ1n) is 7.30. The van der Waals surface area contributed by atoms with Crippen molar-refractivity contribution in [3.05, 3.63) is 23.8 Å². The van der Waals surface area contributed by atoms with Crippen LogP contribution in [0.15, 0.2) is 18.2 Å². The smallest absolute Gasteiger partial charge is 0.246 e. The lowest BCUT2D eigenvalue weighted by Crippen LogP contribution is -2.25. The average Bonchev–Trinajstić information content (AvgIpc) is 2.55. The van der Waals surface area contributed by atoms with Crippen molar-refractivity contribution >= 4 is 12.0 Å². The van der Waals surface area contributed by atoms with Crippen LogP contribution in [0, 0.1) is 0 Å². The van der Waals surface area contributed by atoms with E-state index >= 15 is 0 Å². The van der Waals surface area contributed by atoms with Crippen molar-refractivity contribution in [1.29, 1.82) is 0 Å². The van der Waals surface area contributed by atoms with Crippen LogP contribution in [0.4, 0.5) is 0 Å². The molecule has 0 unspecified atom stereocenters. The molecule has 1 amide bonds. The zero-order chi connectivity index (χ0) is 16.5. The Morgan fingerprint density at radius 2 is 1.73 bits per heavy atom. The fourth-order valence-corrected chi connectivity index (χ4v) is 2.00. The van der Waals surface area contributed by atoms with Crippen molar-refractivity contribution in [2.45, 2.75) is 19.8 Å². The number of likely N-dealkylation sites (N-methyl/N-ethyl adjacent to an activating group) is 1. The molecular weight excluding hydrogens is 282 g/mol. The third-order valence-corrected chi connectivity index (χ3v) is 3.33. The van der Waals surface area contributed by atoms with Gasteiger partial charge in [-0.1, -0.05) is 13.3 Å². The molecule has 0 bridgehead atoms. The second kappa shape index (κ2) is 8.97. The summed E-state index contributed by atoms with van der Waals surface area (Å²) in [5, 5.41) is 0. The van der Waals surface area contributed by atoms with Gasteiger partial charge < -0.3 is 19.1 Å². The highest BCUT2D eigenvalue weighted by molar-refractivity contribution is 5.91. The molecule has 122 valence electrons. The van der Waals surface area contributed by atoms with E-state index in [9.17, 15) is 4.79 Å². The molecule has 0 aliphatic carbocycles. The second-order valence-corrected chi connectivity index (χ2v) is 4.91. The Morgan fingerprint density at radius 1 is 1.14 bits per heavy atom. The molecule has 0 aliphatic heterocycles. The number of hydrogen-bond acceptors (Lipinski definition) is 4. The van der Waals surface area contributed by atoms with Crippen LogP contribution in [0.25, 0.3) is 6.08 Å². The van der Waals surface area contributed by atoms with Gasteiger partial charge in [-0.25, -0.2) is 0 Å². The van der Waals surface area contributed by atoms with Gasteiger partial charge in [0, 0.05) is 19.7 Å². The topological polar surface area (TPSA) is 48.0 Å².